The lowest BCUT2D eigenvalue weighted by atomic mass is 9.80. The molecule has 0 atom stereocenters. The topological polar surface area (TPSA) is 0 Å². The monoisotopic (exact) mass is 314 g/mol. The molecule has 0 amide bonds. The largest absolute Gasteiger partial charge is 0.0590 e. The molecule has 0 heterocycles. The van der Waals surface area contributed by atoms with Crippen molar-refractivity contribution in [1.29, 1.82) is 0 Å². The summed E-state index contributed by atoms with van der Waals surface area (Å²) in [6.07, 6.45) is 0. The first-order valence-electron chi connectivity index (χ1n) is 8.66. The lowest BCUT2D eigenvalue weighted by Gasteiger charge is -2.23. The summed E-state index contributed by atoms with van der Waals surface area (Å²) in [4.78, 5) is 0. The van der Waals surface area contributed by atoms with Crippen LogP contribution in [0.15, 0.2) is 60.7 Å². The van der Waals surface area contributed by atoms with Crippen LogP contribution in [0.1, 0.15) is 50.4 Å². The molecule has 0 fully saturated rings. The molecule has 0 saturated carbocycles. The molecule has 3 aromatic carbocycles. The Bertz CT molecular complexity index is 802. The van der Waals surface area contributed by atoms with Crippen LogP contribution >= 0.6 is 0 Å². The highest BCUT2D eigenvalue weighted by atomic mass is 14.2. The molecule has 0 nitrogen and oxygen atoms in total. The zero-order valence-corrected chi connectivity index (χ0v) is 15.4. The SMILES string of the molecule is Cc1ccc(C(c2ccc(C)cc2C)c2ccc(C)cc2C)cc1. The van der Waals surface area contributed by atoms with Crippen LogP contribution in [0.2, 0.25) is 0 Å². The molecule has 0 N–H and O–H groups in total. The minimum Gasteiger partial charge on any atom is -0.0590 e. The van der Waals surface area contributed by atoms with E-state index in [0.29, 0.717) is 0 Å². The minimum atomic E-state index is 0.284. The van der Waals surface area contributed by atoms with Gasteiger partial charge in [-0.25, -0.2) is 0 Å². The van der Waals surface area contributed by atoms with Crippen molar-refractivity contribution in [1.82, 2.24) is 0 Å². The molecule has 0 unspecified atom stereocenters. The van der Waals surface area contributed by atoms with Crippen molar-refractivity contribution in [2.75, 3.05) is 0 Å². The summed E-state index contributed by atoms with van der Waals surface area (Å²) in [5.74, 6) is 0.284. The zero-order chi connectivity index (χ0) is 17.3. The van der Waals surface area contributed by atoms with Crippen LogP contribution in [0.5, 0.6) is 0 Å². The van der Waals surface area contributed by atoms with Gasteiger partial charge in [-0.15, -0.1) is 0 Å². The second kappa shape index (κ2) is 6.65. The number of hydrogen-bond acceptors (Lipinski definition) is 0. The maximum absolute atomic E-state index is 2.30. The van der Waals surface area contributed by atoms with Crippen molar-refractivity contribution < 1.29 is 0 Å². The second-order valence-electron chi connectivity index (χ2n) is 7.06. The highest BCUT2D eigenvalue weighted by molar-refractivity contribution is 5.50. The van der Waals surface area contributed by atoms with E-state index in [-0.39, 0.29) is 5.92 Å². The molecule has 0 heteroatoms. The molecule has 0 spiro atoms. The van der Waals surface area contributed by atoms with Gasteiger partial charge in [0.2, 0.25) is 0 Å². The van der Waals surface area contributed by atoms with Gasteiger partial charge in [0.05, 0.1) is 0 Å². The van der Waals surface area contributed by atoms with Crippen LogP contribution in [-0.2, 0) is 0 Å². The van der Waals surface area contributed by atoms with Gasteiger partial charge in [0, 0.05) is 5.92 Å². The van der Waals surface area contributed by atoms with Gasteiger partial charge in [0.15, 0.2) is 0 Å². The highest BCUT2D eigenvalue weighted by Gasteiger charge is 2.20. The van der Waals surface area contributed by atoms with E-state index in [9.17, 15) is 0 Å². The number of benzene rings is 3. The van der Waals surface area contributed by atoms with Crippen LogP contribution in [-0.4, -0.2) is 0 Å². The Balaban J connectivity index is 2.22. The molecule has 3 aromatic rings. The number of aryl methyl sites for hydroxylation is 5. The molecule has 3 rings (SSSR count). The third-order valence-electron chi connectivity index (χ3n) is 4.88. The first-order chi connectivity index (χ1) is 11.5. The lowest BCUT2D eigenvalue weighted by molar-refractivity contribution is 0.945. The van der Waals surface area contributed by atoms with E-state index in [1.54, 1.807) is 0 Å². The Hall–Kier alpha value is -2.34. The molecule has 0 aliphatic carbocycles. The predicted molar refractivity (Wildman–Crippen MR) is 104 cm³/mol. The Morgan fingerprint density at radius 3 is 1.33 bits per heavy atom. The van der Waals surface area contributed by atoms with Gasteiger partial charge < -0.3 is 0 Å². The molecular weight excluding hydrogens is 288 g/mol. The molecule has 0 aliphatic heterocycles. The van der Waals surface area contributed by atoms with Gasteiger partial charge in [-0.05, 0) is 62.4 Å². The van der Waals surface area contributed by atoms with Gasteiger partial charge in [-0.1, -0.05) is 77.4 Å². The minimum absolute atomic E-state index is 0.284. The van der Waals surface area contributed by atoms with Gasteiger partial charge in [0.25, 0.3) is 0 Å². The van der Waals surface area contributed by atoms with Crippen LogP contribution in [0.4, 0.5) is 0 Å². The molecular formula is C24H26. The van der Waals surface area contributed by atoms with E-state index in [4.69, 9.17) is 0 Å². The van der Waals surface area contributed by atoms with Gasteiger partial charge in [-0.2, -0.15) is 0 Å². The lowest BCUT2D eigenvalue weighted by Crippen LogP contribution is -2.07. The smallest absolute Gasteiger partial charge is 0.0345 e. The number of rotatable bonds is 3. The van der Waals surface area contributed by atoms with Crippen molar-refractivity contribution in [2.24, 2.45) is 0 Å². The van der Waals surface area contributed by atoms with Crippen molar-refractivity contribution in [3.63, 3.8) is 0 Å². The average Bonchev–Trinajstić information content (AvgIpc) is 2.53. The summed E-state index contributed by atoms with van der Waals surface area (Å²) < 4.78 is 0. The second-order valence-corrected chi connectivity index (χ2v) is 7.06. The first kappa shape index (κ1) is 16.5. The summed E-state index contributed by atoms with van der Waals surface area (Å²) in [7, 11) is 0. The van der Waals surface area contributed by atoms with E-state index in [2.05, 4.69) is 95.3 Å². The maximum Gasteiger partial charge on any atom is 0.0345 e. The van der Waals surface area contributed by atoms with Crippen molar-refractivity contribution in [3.8, 4) is 0 Å². The molecule has 122 valence electrons. The van der Waals surface area contributed by atoms with Crippen LogP contribution in [0, 0.1) is 34.6 Å². The summed E-state index contributed by atoms with van der Waals surface area (Å²) in [5.41, 5.74) is 10.8. The van der Waals surface area contributed by atoms with E-state index in [1.165, 1.54) is 44.5 Å². The predicted octanol–water partition coefficient (Wildman–Crippen LogP) is 6.41. The standard InChI is InChI=1S/C24H26/c1-16-6-10-21(11-7-16)24(22-12-8-17(2)14-19(22)4)23-13-9-18(3)15-20(23)5/h6-15,24H,1-5H3. The molecule has 0 aliphatic rings. The Morgan fingerprint density at radius 1 is 0.500 bits per heavy atom. The van der Waals surface area contributed by atoms with Crippen molar-refractivity contribution in [2.45, 2.75) is 40.5 Å². The molecule has 0 bridgehead atoms. The molecule has 24 heavy (non-hydrogen) atoms. The summed E-state index contributed by atoms with van der Waals surface area (Å²) >= 11 is 0. The Kier molecular flexibility index (Phi) is 4.57. The quantitative estimate of drug-likeness (QED) is 0.490. The van der Waals surface area contributed by atoms with Gasteiger partial charge >= 0.3 is 0 Å². The molecule has 0 radical (unpaired) electrons. The van der Waals surface area contributed by atoms with E-state index >= 15 is 0 Å². The fourth-order valence-electron chi connectivity index (χ4n) is 3.58. The van der Waals surface area contributed by atoms with Crippen LogP contribution in [0.3, 0.4) is 0 Å². The van der Waals surface area contributed by atoms with Gasteiger partial charge in [-0.3, -0.25) is 0 Å². The summed E-state index contributed by atoms with van der Waals surface area (Å²) in [5, 5.41) is 0. The maximum atomic E-state index is 2.30. The fourth-order valence-corrected chi connectivity index (χ4v) is 3.58. The van der Waals surface area contributed by atoms with Crippen LogP contribution < -0.4 is 0 Å². The fraction of sp³-hybridized carbons (Fsp3) is 0.250. The highest BCUT2D eigenvalue weighted by Crippen LogP contribution is 2.36. The Morgan fingerprint density at radius 2 is 0.917 bits per heavy atom. The van der Waals surface area contributed by atoms with Gasteiger partial charge in [0.1, 0.15) is 0 Å². The number of hydrogen-bond donors (Lipinski definition) is 0. The molecule has 0 aromatic heterocycles. The summed E-state index contributed by atoms with van der Waals surface area (Å²) in [6, 6.07) is 22.6. The van der Waals surface area contributed by atoms with E-state index < -0.39 is 0 Å². The zero-order valence-electron chi connectivity index (χ0n) is 15.4. The average molecular weight is 314 g/mol. The van der Waals surface area contributed by atoms with Crippen molar-refractivity contribution in [3.05, 3.63) is 105 Å². The van der Waals surface area contributed by atoms with Crippen molar-refractivity contribution >= 4 is 0 Å². The van der Waals surface area contributed by atoms with Crippen LogP contribution in [0.25, 0.3) is 0 Å². The Labute approximate surface area is 146 Å². The third-order valence-corrected chi connectivity index (χ3v) is 4.88. The summed E-state index contributed by atoms with van der Waals surface area (Å²) in [6.45, 7) is 10.9. The van der Waals surface area contributed by atoms with E-state index in [0.717, 1.165) is 0 Å². The molecule has 0 saturated heterocycles. The van der Waals surface area contributed by atoms with E-state index in [1.807, 2.05) is 0 Å². The normalized spacial score (nSPS) is 11.1. The first-order valence-corrected chi connectivity index (χ1v) is 8.66. The third kappa shape index (κ3) is 3.28.